The molecule has 0 unspecified atom stereocenters. The Hall–Kier alpha value is -3.50. The number of rotatable bonds is 3. The van der Waals surface area contributed by atoms with Gasteiger partial charge >= 0.3 is 12.2 Å². The highest BCUT2D eigenvalue weighted by Gasteiger charge is 2.34. The van der Waals surface area contributed by atoms with Crippen LogP contribution in [0.1, 0.15) is 11.3 Å². The number of imide groups is 1. The Balaban J connectivity index is 1.87. The predicted molar refractivity (Wildman–Crippen MR) is 92.2 cm³/mol. The summed E-state index contributed by atoms with van der Waals surface area (Å²) in [6.07, 6.45) is -3.49. The average Bonchev–Trinajstić information content (AvgIpc) is 2.88. The molecule has 146 valence electrons. The highest BCUT2D eigenvalue weighted by atomic mass is 19.4. The van der Waals surface area contributed by atoms with E-state index in [1.807, 2.05) is 0 Å². The first kappa shape index (κ1) is 19.3. The maximum absolute atomic E-state index is 13.7. The minimum atomic E-state index is -4.89. The summed E-state index contributed by atoms with van der Waals surface area (Å²) in [6, 6.07) is 2.34. The number of pyridine rings is 1. The number of urea groups is 1. The van der Waals surface area contributed by atoms with E-state index in [1.165, 1.54) is 6.20 Å². The monoisotopic (exact) mass is 395 g/mol. The summed E-state index contributed by atoms with van der Waals surface area (Å²) < 4.78 is 53.3. The Labute approximate surface area is 155 Å². The lowest BCUT2D eigenvalue weighted by molar-refractivity contribution is -0.139. The Morgan fingerprint density at radius 2 is 2.00 bits per heavy atom. The van der Waals surface area contributed by atoms with Crippen molar-refractivity contribution < 1.29 is 27.2 Å². The van der Waals surface area contributed by atoms with Gasteiger partial charge in [-0.1, -0.05) is 0 Å². The van der Waals surface area contributed by atoms with E-state index in [9.17, 15) is 27.2 Å². The number of fused-ring (bicyclic) bond motifs is 1. The van der Waals surface area contributed by atoms with Crippen LogP contribution < -0.4 is 10.2 Å². The molecule has 0 aliphatic carbocycles. The van der Waals surface area contributed by atoms with E-state index in [0.29, 0.717) is 33.8 Å². The van der Waals surface area contributed by atoms with Crippen LogP contribution in [0.25, 0.3) is 11.0 Å². The summed E-state index contributed by atoms with van der Waals surface area (Å²) in [5.41, 5.74) is -0.382. The quantitative estimate of drug-likeness (QED) is 0.543. The molecule has 1 N–H and O–H groups in total. The Morgan fingerprint density at radius 3 is 2.61 bits per heavy atom. The van der Waals surface area contributed by atoms with Gasteiger partial charge in [0.15, 0.2) is 5.65 Å². The van der Waals surface area contributed by atoms with Crippen molar-refractivity contribution in [2.75, 3.05) is 10.2 Å². The van der Waals surface area contributed by atoms with Gasteiger partial charge in [0.05, 0.1) is 28.8 Å². The standard InChI is InChI=1S/C17H13F4N5O2/c1-9-12-5-10(7-22-15(12)25(2)24-9)23-16(28)26(8-27)11-3-4-13(14(18)6-11)17(19,20)21/h3-8H,1-2H3,(H,23,28). The fourth-order valence-electron chi connectivity index (χ4n) is 2.67. The molecule has 0 atom stereocenters. The van der Waals surface area contributed by atoms with Crippen LogP contribution in [-0.4, -0.2) is 27.2 Å². The summed E-state index contributed by atoms with van der Waals surface area (Å²) in [5, 5.41) is 7.25. The normalized spacial score (nSPS) is 11.5. The number of hydrogen-bond acceptors (Lipinski definition) is 4. The van der Waals surface area contributed by atoms with Crippen molar-refractivity contribution in [3.8, 4) is 0 Å². The summed E-state index contributed by atoms with van der Waals surface area (Å²) in [5.74, 6) is -1.60. The summed E-state index contributed by atoms with van der Waals surface area (Å²) in [7, 11) is 1.70. The molecule has 11 heteroatoms. The van der Waals surface area contributed by atoms with Gasteiger partial charge in [-0.05, 0) is 31.2 Å². The van der Waals surface area contributed by atoms with Crippen LogP contribution in [0.4, 0.5) is 33.7 Å². The molecule has 0 aliphatic heterocycles. The number of carbonyl (C=O) groups is 2. The van der Waals surface area contributed by atoms with Crippen molar-refractivity contribution in [2.24, 2.45) is 7.05 Å². The first-order valence-electron chi connectivity index (χ1n) is 7.83. The number of anilines is 2. The number of nitrogens with one attached hydrogen (secondary N) is 1. The maximum atomic E-state index is 13.7. The molecule has 0 aliphatic rings. The lowest BCUT2D eigenvalue weighted by Crippen LogP contribution is -2.34. The van der Waals surface area contributed by atoms with Crippen molar-refractivity contribution in [2.45, 2.75) is 13.1 Å². The van der Waals surface area contributed by atoms with E-state index in [1.54, 1.807) is 24.7 Å². The number of nitrogens with zero attached hydrogens (tertiary/aromatic N) is 4. The molecule has 28 heavy (non-hydrogen) atoms. The second-order valence-electron chi connectivity index (χ2n) is 5.87. The molecule has 0 spiro atoms. The minimum Gasteiger partial charge on any atom is -0.306 e. The molecule has 0 saturated carbocycles. The number of hydrogen-bond donors (Lipinski definition) is 1. The highest BCUT2D eigenvalue weighted by molar-refractivity contribution is 6.12. The number of amides is 3. The van der Waals surface area contributed by atoms with Gasteiger partial charge in [0.25, 0.3) is 0 Å². The molecule has 0 fully saturated rings. The third-order valence-electron chi connectivity index (χ3n) is 3.97. The number of aromatic nitrogens is 3. The fraction of sp³-hybridized carbons (Fsp3) is 0.176. The average molecular weight is 395 g/mol. The van der Waals surface area contributed by atoms with E-state index >= 15 is 0 Å². The van der Waals surface area contributed by atoms with E-state index < -0.39 is 23.6 Å². The molecule has 0 radical (unpaired) electrons. The van der Waals surface area contributed by atoms with Crippen LogP contribution >= 0.6 is 0 Å². The van der Waals surface area contributed by atoms with Gasteiger partial charge in [-0.3, -0.25) is 9.48 Å². The second kappa shape index (κ2) is 6.91. The summed E-state index contributed by atoms with van der Waals surface area (Å²) >= 11 is 0. The minimum absolute atomic E-state index is 0.0681. The number of benzene rings is 1. The van der Waals surface area contributed by atoms with Gasteiger partial charge in [-0.25, -0.2) is 19.1 Å². The zero-order valence-electron chi connectivity index (χ0n) is 14.6. The van der Waals surface area contributed by atoms with E-state index in [0.717, 1.165) is 6.07 Å². The molecule has 0 saturated heterocycles. The second-order valence-corrected chi connectivity index (χ2v) is 5.87. The van der Waals surface area contributed by atoms with Gasteiger partial charge < -0.3 is 5.32 Å². The van der Waals surface area contributed by atoms with Crippen molar-refractivity contribution in [1.82, 2.24) is 14.8 Å². The lowest BCUT2D eigenvalue weighted by atomic mass is 10.2. The van der Waals surface area contributed by atoms with Gasteiger partial charge in [0.2, 0.25) is 6.41 Å². The molecule has 3 rings (SSSR count). The highest BCUT2D eigenvalue weighted by Crippen LogP contribution is 2.33. The topological polar surface area (TPSA) is 80.1 Å². The van der Waals surface area contributed by atoms with Crippen LogP contribution in [0.3, 0.4) is 0 Å². The maximum Gasteiger partial charge on any atom is 0.419 e. The fourth-order valence-corrected chi connectivity index (χ4v) is 2.67. The molecule has 3 aromatic rings. The number of halogens is 4. The summed E-state index contributed by atoms with van der Waals surface area (Å²) in [6.45, 7) is 1.75. The van der Waals surface area contributed by atoms with Gasteiger partial charge in [0.1, 0.15) is 5.82 Å². The molecule has 1 aromatic carbocycles. The zero-order chi connectivity index (χ0) is 20.6. The Kier molecular flexibility index (Phi) is 4.75. The molecule has 7 nitrogen and oxygen atoms in total. The molecule has 2 heterocycles. The van der Waals surface area contributed by atoms with Crippen LogP contribution in [-0.2, 0) is 18.0 Å². The van der Waals surface area contributed by atoms with Crippen molar-refractivity contribution >= 4 is 34.8 Å². The molecule has 3 amide bonds. The Bertz CT molecular complexity index is 1080. The molecule has 2 aromatic heterocycles. The third kappa shape index (κ3) is 3.50. The third-order valence-corrected chi connectivity index (χ3v) is 3.97. The van der Waals surface area contributed by atoms with Gasteiger partial charge in [-0.15, -0.1) is 0 Å². The van der Waals surface area contributed by atoms with E-state index in [2.05, 4.69) is 15.4 Å². The largest absolute Gasteiger partial charge is 0.419 e. The van der Waals surface area contributed by atoms with Gasteiger partial charge in [0, 0.05) is 12.4 Å². The number of alkyl halides is 3. The van der Waals surface area contributed by atoms with Crippen LogP contribution in [0.2, 0.25) is 0 Å². The van der Waals surface area contributed by atoms with Crippen LogP contribution in [0.15, 0.2) is 30.5 Å². The van der Waals surface area contributed by atoms with Crippen molar-refractivity contribution in [3.63, 3.8) is 0 Å². The summed E-state index contributed by atoms with van der Waals surface area (Å²) in [4.78, 5) is 28.3. The predicted octanol–water partition coefficient (Wildman–Crippen LogP) is 3.63. The molecular formula is C17H13F4N5O2. The van der Waals surface area contributed by atoms with Crippen molar-refractivity contribution in [3.05, 3.63) is 47.5 Å². The molecular weight excluding hydrogens is 382 g/mol. The molecule has 0 bridgehead atoms. The van der Waals surface area contributed by atoms with Crippen LogP contribution in [0, 0.1) is 12.7 Å². The zero-order valence-corrected chi connectivity index (χ0v) is 14.6. The smallest absolute Gasteiger partial charge is 0.306 e. The van der Waals surface area contributed by atoms with E-state index in [-0.39, 0.29) is 17.8 Å². The van der Waals surface area contributed by atoms with E-state index in [4.69, 9.17) is 0 Å². The Morgan fingerprint density at radius 1 is 1.29 bits per heavy atom. The SMILES string of the molecule is Cc1nn(C)c2ncc(NC(=O)N(C=O)c3ccc(C(F)(F)F)c(F)c3)cc12. The lowest BCUT2D eigenvalue weighted by Gasteiger charge is -2.17. The van der Waals surface area contributed by atoms with Gasteiger partial charge in [-0.2, -0.15) is 18.3 Å². The number of carbonyl (C=O) groups excluding carboxylic acids is 2. The first-order valence-corrected chi connectivity index (χ1v) is 7.83. The number of aryl methyl sites for hydroxylation is 2. The van der Waals surface area contributed by atoms with Crippen LogP contribution in [0.5, 0.6) is 0 Å². The first-order chi connectivity index (χ1) is 13.1. The van der Waals surface area contributed by atoms with Crippen molar-refractivity contribution in [1.29, 1.82) is 0 Å².